The minimum Gasteiger partial charge on any atom is -0.479 e. The predicted molar refractivity (Wildman–Crippen MR) is 225 cm³/mol. The Morgan fingerprint density at radius 3 is 2.62 bits per heavy atom. The van der Waals surface area contributed by atoms with Gasteiger partial charge in [-0.2, -0.15) is 0 Å². The first-order valence-corrected chi connectivity index (χ1v) is 20.7. The Balaban J connectivity index is 1.29. The first-order chi connectivity index (χ1) is 28.0. The molecule has 13 nitrogen and oxygen atoms in total. The van der Waals surface area contributed by atoms with E-state index >= 15 is 0 Å². The van der Waals surface area contributed by atoms with Crippen LogP contribution in [0.5, 0.6) is 6.01 Å². The molecule has 0 bridgehead atoms. The summed E-state index contributed by atoms with van der Waals surface area (Å²) in [6, 6.07) is 5.13. The summed E-state index contributed by atoms with van der Waals surface area (Å²) in [5, 5.41) is 19.7. The highest BCUT2D eigenvalue weighted by Crippen LogP contribution is 2.42. The summed E-state index contributed by atoms with van der Waals surface area (Å²) in [6.45, 7) is 2.59. The van der Waals surface area contributed by atoms with E-state index in [0.29, 0.717) is 83.4 Å². The Hall–Kier alpha value is -4.61. The van der Waals surface area contributed by atoms with Crippen LogP contribution in [0, 0.1) is 0 Å². The second kappa shape index (κ2) is 22.0. The molecular weight excluding hydrogens is 786 g/mol. The molecule has 1 aliphatic carbocycles. The lowest BCUT2D eigenvalue weighted by Gasteiger charge is -2.31. The van der Waals surface area contributed by atoms with Gasteiger partial charge in [0.25, 0.3) is 6.43 Å². The van der Waals surface area contributed by atoms with Crippen LogP contribution in [0.4, 0.5) is 14.5 Å². The average Bonchev–Trinajstić information content (AvgIpc) is 3.62. The highest BCUT2D eigenvalue weighted by molar-refractivity contribution is 7.99. The van der Waals surface area contributed by atoms with Crippen LogP contribution in [-0.2, 0) is 29.0 Å². The number of nitrogens with one attached hydrogen (secondary N) is 4. The number of rotatable bonds is 22. The van der Waals surface area contributed by atoms with E-state index in [-0.39, 0.29) is 30.4 Å². The maximum absolute atomic E-state index is 14.2. The zero-order valence-corrected chi connectivity index (χ0v) is 34.4. The highest BCUT2D eigenvalue weighted by atomic mass is 35.5. The first kappa shape index (κ1) is 44.5. The number of nitrogens with two attached hydrogens (primary N) is 2. The van der Waals surface area contributed by atoms with Crippen molar-refractivity contribution in [1.29, 1.82) is 0 Å². The number of halogens is 3. The Morgan fingerprint density at radius 1 is 1.09 bits per heavy atom. The molecular formula is C41H53ClF2N10O3S. The SMILES string of the molecule is CC(Cc1c[nH]c2c1CCC=C2)N(C)C(=O)C(CCCCNCC(F)F)NC(=O)C(CCCN)NCc1cccnc1Sc1c(Cl)ccc(-c2cnc(O)nc2)c1N. The predicted octanol–water partition coefficient (Wildman–Crippen LogP) is 5.72. The van der Waals surface area contributed by atoms with E-state index in [1.165, 1.54) is 35.3 Å². The Labute approximate surface area is 347 Å². The highest BCUT2D eigenvalue weighted by Gasteiger charge is 2.30. The third-order valence-electron chi connectivity index (χ3n) is 10.2. The lowest BCUT2D eigenvalue weighted by molar-refractivity contribution is -0.137. The fourth-order valence-electron chi connectivity index (χ4n) is 6.84. The van der Waals surface area contributed by atoms with Gasteiger partial charge >= 0.3 is 6.01 Å². The number of aromatic nitrogens is 4. The Morgan fingerprint density at radius 2 is 1.86 bits per heavy atom. The summed E-state index contributed by atoms with van der Waals surface area (Å²) in [5.41, 5.74) is 18.4. The number of nitrogens with zero attached hydrogens (tertiary/aromatic N) is 4. The number of H-pyrrole nitrogens is 1. The Bertz CT molecular complexity index is 2000. The number of fused-ring (bicyclic) bond motifs is 1. The molecule has 0 aliphatic heterocycles. The van der Waals surface area contributed by atoms with Crippen LogP contribution >= 0.6 is 23.4 Å². The van der Waals surface area contributed by atoms with Crippen LogP contribution in [0.3, 0.4) is 0 Å². The summed E-state index contributed by atoms with van der Waals surface area (Å²) in [4.78, 5) is 46.2. The van der Waals surface area contributed by atoms with Crippen LogP contribution < -0.4 is 27.4 Å². The minimum atomic E-state index is -2.45. The number of aromatic hydroxyl groups is 1. The summed E-state index contributed by atoms with van der Waals surface area (Å²) in [7, 11) is 1.76. The smallest absolute Gasteiger partial charge is 0.313 e. The fourth-order valence-corrected chi connectivity index (χ4v) is 8.09. The molecule has 0 saturated heterocycles. The van der Waals surface area contributed by atoms with Crippen molar-refractivity contribution in [2.45, 2.75) is 99.3 Å². The molecule has 0 spiro atoms. The molecule has 2 amide bonds. The number of alkyl halides is 2. The third kappa shape index (κ3) is 12.2. The van der Waals surface area contributed by atoms with Crippen molar-refractivity contribution in [2.24, 2.45) is 5.73 Å². The topological polar surface area (TPSA) is 200 Å². The quantitative estimate of drug-likeness (QED) is 0.0378. The molecule has 3 heterocycles. The number of nitrogen functional groups attached to an aromatic ring is 1. The van der Waals surface area contributed by atoms with Crippen LogP contribution in [0.15, 0.2) is 65.1 Å². The summed E-state index contributed by atoms with van der Waals surface area (Å²) in [6.07, 6.45) is 13.4. The molecule has 3 aromatic heterocycles. The zero-order valence-electron chi connectivity index (χ0n) is 32.8. The van der Waals surface area contributed by atoms with Crippen molar-refractivity contribution in [2.75, 3.05) is 32.4 Å². The number of carbonyl (C=O) groups excluding carboxylic acids is 2. The van der Waals surface area contributed by atoms with Crippen LogP contribution in [0.2, 0.25) is 5.02 Å². The van der Waals surface area contributed by atoms with E-state index in [1.807, 2.05) is 19.2 Å². The van der Waals surface area contributed by atoms with Gasteiger partial charge < -0.3 is 42.4 Å². The Kier molecular flexibility index (Phi) is 16.8. The molecule has 312 valence electrons. The number of benzene rings is 1. The van der Waals surface area contributed by atoms with Crippen molar-refractivity contribution < 1.29 is 23.5 Å². The molecule has 0 radical (unpaired) electrons. The minimum absolute atomic E-state index is 0.157. The van der Waals surface area contributed by atoms with Gasteiger partial charge in [-0.25, -0.2) is 23.7 Å². The van der Waals surface area contributed by atoms with E-state index in [4.69, 9.17) is 23.1 Å². The van der Waals surface area contributed by atoms with Crippen LogP contribution in [-0.4, -0.2) is 93.0 Å². The maximum atomic E-state index is 14.2. The van der Waals surface area contributed by atoms with E-state index in [1.54, 1.807) is 36.3 Å². The number of unbranched alkanes of at least 4 members (excludes halogenated alkanes) is 1. The molecule has 9 N–H and O–H groups in total. The normalized spacial score (nSPS) is 13.9. The molecule has 0 fully saturated rings. The third-order valence-corrected chi connectivity index (χ3v) is 11.8. The lowest BCUT2D eigenvalue weighted by atomic mass is 9.96. The van der Waals surface area contributed by atoms with E-state index in [2.05, 4.69) is 48.0 Å². The molecule has 1 aliphatic rings. The number of amides is 2. The van der Waals surface area contributed by atoms with Gasteiger partial charge in [-0.15, -0.1) is 0 Å². The molecule has 5 rings (SSSR count). The number of carbonyl (C=O) groups is 2. The number of hydrogen-bond acceptors (Lipinski definition) is 11. The molecule has 0 saturated carbocycles. The van der Waals surface area contributed by atoms with Gasteiger partial charge in [0.2, 0.25) is 11.8 Å². The molecule has 1 aromatic carbocycles. The van der Waals surface area contributed by atoms with E-state index < -0.39 is 25.1 Å². The maximum Gasteiger partial charge on any atom is 0.313 e. The van der Waals surface area contributed by atoms with Gasteiger partial charge in [0, 0.05) is 61.2 Å². The van der Waals surface area contributed by atoms with E-state index in [0.717, 1.165) is 24.1 Å². The second-order valence-corrected chi connectivity index (χ2v) is 15.8. The number of pyridine rings is 1. The molecule has 17 heteroatoms. The standard InChI is InChI=1S/C41H53ClF2N10O3S/c1-25(19-27-21-49-32-11-4-3-10-29(27)32)54(2)40(56)34(12-5-6-17-47-24-35(43)44)53-38(55)33(13-7-16-45)50-20-26-9-8-18-48-39(26)58-37-31(42)15-14-30(36(37)46)28-22-51-41(57)52-23-28/h4,8-9,11,14-15,18,21-23,25,33-35,47,49-50H,3,5-7,10,12-13,16-17,19-20,24,45-46H2,1-2H3,(H,53,55)(H,51,52,57). The van der Waals surface area contributed by atoms with Gasteiger partial charge in [0.05, 0.1) is 28.2 Å². The van der Waals surface area contributed by atoms with Gasteiger partial charge in [0.1, 0.15) is 11.1 Å². The van der Waals surface area contributed by atoms with Gasteiger partial charge in [-0.3, -0.25) is 9.59 Å². The van der Waals surface area contributed by atoms with Crippen molar-refractivity contribution in [1.82, 2.24) is 40.8 Å². The monoisotopic (exact) mass is 838 g/mol. The average molecular weight is 839 g/mol. The van der Waals surface area contributed by atoms with Gasteiger partial charge in [-0.1, -0.05) is 41.6 Å². The van der Waals surface area contributed by atoms with Crippen molar-refractivity contribution in [3.63, 3.8) is 0 Å². The number of allylic oxidation sites excluding steroid dienone is 1. The number of anilines is 1. The van der Waals surface area contributed by atoms with Crippen molar-refractivity contribution in [3.05, 3.63) is 82.5 Å². The lowest BCUT2D eigenvalue weighted by Crippen LogP contribution is -2.54. The molecule has 3 atom stereocenters. The zero-order chi connectivity index (χ0) is 41.6. The van der Waals surface area contributed by atoms with Crippen molar-refractivity contribution >= 4 is 46.9 Å². The van der Waals surface area contributed by atoms with E-state index in [9.17, 15) is 23.5 Å². The largest absolute Gasteiger partial charge is 0.479 e. The first-order valence-electron chi connectivity index (χ1n) is 19.5. The van der Waals surface area contributed by atoms with Gasteiger partial charge in [0.15, 0.2) is 0 Å². The number of hydrogen-bond donors (Lipinski definition) is 7. The second-order valence-electron chi connectivity index (χ2n) is 14.3. The van der Waals surface area contributed by atoms with Crippen LogP contribution in [0.25, 0.3) is 17.2 Å². The molecule has 4 aromatic rings. The van der Waals surface area contributed by atoms with Crippen molar-refractivity contribution in [3.8, 4) is 17.1 Å². The fraction of sp³-hybridized carbons (Fsp3) is 0.439. The van der Waals surface area contributed by atoms with Gasteiger partial charge in [-0.05, 0) is 106 Å². The van der Waals surface area contributed by atoms with Crippen LogP contribution in [0.1, 0.15) is 67.8 Å². The summed E-state index contributed by atoms with van der Waals surface area (Å²) in [5.74, 6) is -0.561. The molecule has 3 unspecified atom stereocenters. The summed E-state index contributed by atoms with van der Waals surface area (Å²) < 4.78 is 25.4. The number of likely N-dealkylation sites (N-methyl/N-ethyl adjacent to an activating group) is 1. The molecule has 58 heavy (non-hydrogen) atoms. The summed E-state index contributed by atoms with van der Waals surface area (Å²) >= 11 is 7.93. The number of aromatic amines is 1.